The number of benzene rings is 1. The Bertz CT molecular complexity index is 452. The monoisotopic (exact) mass is 275 g/mol. The van der Waals surface area contributed by atoms with Gasteiger partial charge in [-0.1, -0.05) is 18.2 Å². The van der Waals surface area contributed by atoms with Crippen LogP contribution in [0.4, 0.5) is 0 Å². The summed E-state index contributed by atoms with van der Waals surface area (Å²) < 4.78 is 0. The van der Waals surface area contributed by atoms with Gasteiger partial charge < -0.3 is 15.1 Å². The first-order valence-electron chi connectivity index (χ1n) is 7.92. The van der Waals surface area contributed by atoms with Crippen molar-refractivity contribution in [1.29, 1.82) is 0 Å². The maximum Gasteiger partial charge on any atom is 0.0917 e. The Labute approximate surface area is 121 Å². The second kappa shape index (κ2) is 6.25. The van der Waals surface area contributed by atoms with E-state index in [1.807, 2.05) is 0 Å². The fourth-order valence-electron chi connectivity index (χ4n) is 3.41. The number of aliphatic hydroxyl groups is 2. The van der Waals surface area contributed by atoms with Crippen LogP contribution >= 0.6 is 0 Å². The third-order valence-electron chi connectivity index (χ3n) is 4.75. The van der Waals surface area contributed by atoms with Crippen molar-refractivity contribution in [2.45, 2.75) is 50.7 Å². The van der Waals surface area contributed by atoms with Gasteiger partial charge in [0.25, 0.3) is 0 Å². The van der Waals surface area contributed by atoms with Crippen LogP contribution in [0.15, 0.2) is 18.2 Å². The third-order valence-corrected chi connectivity index (χ3v) is 4.75. The molecule has 1 aromatic carbocycles. The maximum atomic E-state index is 10.4. The molecule has 1 saturated heterocycles. The fraction of sp³-hybridized carbons (Fsp3) is 0.647. The van der Waals surface area contributed by atoms with Gasteiger partial charge in [-0.2, -0.15) is 0 Å². The summed E-state index contributed by atoms with van der Waals surface area (Å²) in [7, 11) is 0. The predicted octanol–water partition coefficient (Wildman–Crippen LogP) is 2.06. The molecule has 3 rings (SSSR count). The van der Waals surface area contributed by atoms with E-state index in [1.165, 1.54) is 30.4 Å². The quantitative estimate of drug-likeness (QED) is 0.887. The first kappa shape index (κ1) is 14.1. The van der Waals surface area contributed by atoms with Gasteiger partial charge in [0.1, 0.15) is 0 Å². The standard InChI is InChI=1S/C17H25NO2/c19-16-7-9-18(10-8-16)12-17(20)15-6-5-13-3-1-2-4-14(13)11-15/h5-6,11,16-17,19-20H,1-4,7-10,12H2. The normalized spacial score (nSPS) is 22.5. The van der Waals surface area contributed by atoms with Gasteiger partial charge in [-0.25, -0.2) is 0 Å². The molecule has 2 N–H and O–H groups in total. The van der Waals surface area contributed by atoms with Crippen LogP contribution < -0.4 is 0 Å². The average Bonchev–Trinajstić information content (AvgIpc) is 2.49. The number of aryl methyl sites for hydroxylation is 2. The van der Waals surface area contributed by atoms with Crippen molar-refractivity contribution in [3.05, 3.63) is 34.9 Å². The lowest BCUT2D eigenvalue weighted by molar-refractivity contribution is 0.0508. The summed E-state index contributed by atoms with van der Waals surface area (Å²) in [6.45, 7) is 2.47. The molecule has 2 aliphatic rings. The van der Waals surface area contributed by atoms with Crippen LogP contribution in [-0.4, -0.2) is 40.9 Å². The van der Waals surface area contributed by atoms with Crippen molar-refractivity contribution in [3.63, 3.8) is 0 Å². The Morgan fingerprint density at radius 1 is 1.10 bits per heavy atom. The van der Waals surface area contributed by atoms with E-state index in [2.05, 4.69) is 23.1 Å². The van der Waals surface area contributed by atoms with Crippen LogP contribution in [0, 0.1) is 0 Å². The molecule has 1 unspecified atom stereocenters. The number of rotatable bonds is 3. The van der Waals surface area contributed by atoms with Crippen molar-refractivity contribution in [1.82, 2.24) is 4.90 Å². The number of β-amino-alcohol motifs (C(OH)–C–C–N with tert-alkyl or cyclic N) is 1. The maximum absolute atomic E-state index is 10.4. The molecule has 3 heteroatoms. The van der Waals surface area contributed by atoms with Crippen LogP contribution in [0.2, 0.25) is 0 Å². The largest absolute Gasteiger partial charge is 0.393 e. The summed E-state index contributed by atoms with van der Waals surface area (Å²) >= 11 is 0. The highest BCUT2D eigenvalue weighted by atomic mass is 16.3. The highest BCUT2D eigenvalue weighted by Crippen LogP contribution is 2.25. The topological polar surface area (TPSA) is 43.7 Å². The minimum Gasteiger partial charge on any atom is -0.393 e. The number of hydrogen-bond donors (Lipinski definition) is 2. The van der Waals surface area contributed by atoms with E-state index in [0.717, 1.165) is 37.9 Å². The molecule has 1 aliphatic carbocycles. The molecule has 20 heavy (non-hydrogen) atoms. The molecule has 0 radical (unpaired) electrons. The first-order valence-corrected chi connectivity index (χ1v) is 7.92. The zero-order valence-corrected chi connectivity index (χ0v) is 12.1. The summed E-state index contributed by atoms with van der Waals surface area (Å²) in [6.07, 6.45) is 6.03. The highest BCUT2D eigenvalue weighted by Gasteiger charge is 2.20. The molecule has 0 bridgehead atoms. The van der Waals surface area contributed by atoms with E-state index in [1.54, 1.807) is 0 Å². The van der Waals surface area contributed by atoms with Crippen LogP contribution in [0.25, 0.3) is 0 Å². The Kier molecular flexibility index (Phi) is 4.39. The summed E-state index contributed by atoms with van der Waals surface area (Å²) in [4.78, 5) is 2.26. The zero-order valence-electron chi connectivity index (χ0n) is 12.1. The Morgan fingerprint density at radius 3 is 2.55 bits per heavy atom. The number of hydrogen-bond acceptors (Lipinski definition) is 3. The Morgan fingerprint density at radius 2 is 1.80 bits per heavy atom. The molecule has 0 aromatic heterocycles. The predicted molar refractivity (Wildman–Crippen MR) is 79.7 cm³/mol. The summed E-state index contributed by atoms with van der Waals surface area (Å²) in [5.41, 5.74) is 3.95. The summed E-state index contributed by atoms with van der Waals surface area (Å²) in [5.74, 6) is 0. The minimum absolute atomic E-state index is 0.146. The van der Waals surface area contributed by atoms with Gasteiger partial charge in [-0.05, 0) is 55.2 Å². The number of piperidine rings is 1. The van der Waals surface area contributed by atoms with Crippen LogP contribution in [0.5, 0.6) is 0 Å². The van der Waals surface area contributed by atoms with Crippen molar-refractivity contribution in [2.24, 2.45) is 0 Å². The smallest absolute Gasteiger partial charge is 0.0917 e. The third kappa shape index (κ3) is 3.22. The molecule has 1 atom stereocenters. The van der Waals surface area contributed by atoms with Gasteiger partial charge in [0, 0.05) is 19.6 Å². The minimum atomic E-state index is -0.405. The molecular formula is C17H25NO2. The van der Waals surface area contributed by atoms with Crippen molar-refractivity contribution < 1.29 is 10.2 Å². The lowest BCUT2D eigenvalue weighted by Gasteiger charge is -2.31. The van der Waals surface area contributed by atoms with E-state index in [4.69, 9.17) is 0 Å². The van der Waals surface area contributed by atoms with Crippen LogP contribution in [0.1, 0.15) is 48.5 Å². The van der Waals surface area contributed by atoms with E-state index in [0.29, 0.717) is 6.54 Å². The molecule has 0 saturated carbocycles. The van der Waals surface area contributed by atoms with Crippen LogP contribution in [-0.2, 0) is 12.8 Å². The Balaban J connectivity index is 1.63. The van der Waals surface area contributed by atoms with Gasteiger partial charge in [-0.3, -0.25) is 0 Å². The van der Waals surface area contributed by atoms with Gasteiger partial charge in [0.15, 0.2) is 0 Å². The second-order valence-electron chi connectivity index (χ2n) is 6.28. The van der Waals surface area contributed by atoms with Gasteiger partial charge >= 0.3 is 0 Å². The van der Waals surface area contributed by atoms with E-state index < -0.39 is 6.10 Å². The second-order valence-corrected chi connectivity index (χ2v) is 6.28. The number of nitrogens with zero attached hydrogens (tertiary/aromatic N) is 1. The van der Waals surface area contributed by atoms with Crippen molar-refractivity contribution >= 4 is 0 Å². The summed E-state index contributed by atoms with van der Waals surface area (Å²) in [5, 5.41) is 20.0. The van der Waals surface area contributed by atoms with Crippen molar-refractivity contribution in [3.8, 4) is 0 Å². The van der Waals surface area contributed by atoms with E-state index in [-0.39, 0.29) is 6.10 Å². The molecule has 1 heterocycles. The van der Waals surface area contributed by atoms with Crippen LogP contribution in [0.3, 0.4) is 0 Å². The molecule has 0 amide bonds. The molecule has 0 spiro atoms. The molecule has 1 aliphatic heterocycles. The molecular weight excluding hydrogens is 250 g/mol. The Hall–Kier alpha value is -0.900. The zero-order chi connectivity index (χ0) is 13.9. The number of aliphatic hydroxyl groups excluding tert-OH is 2. The summed E-state index contributed by atoms with van der Waals surface area (Å²) in [6, 6.07) is 6.50. The lowest BCUT2D eigenvalue weighted by atomic mass is 9.89. The first-order chi connectivity index (χ1) is 9.72. The fourth-order valence-corrected chi connectivity index (χ4v) is 3.41. The number of likely N-dealkylation sites (tertiary alicyclic amines) is 1. The highest BCUT2D eigenvalue weighted by molar-refractivity contribution is 5.34. The average molecular weight is 275 g/mol. The molecule has 1 aromatic rings. The van der Waals surface area contributed by atoms with Crippen molar-refractivity contribution in [2.75, 3.05) is 19.6 Å². The lowest BCUT2D eigenvalue weighted by Crippen LogP contribution is -2.38. The molecule has 3 nitrogen and oxygen atoms in total. The van der Waals surface area contributed by atoms with E-state index in [9.17, 15) is 10.2 Å². The SMILES string of the molecule is OC1CCN(CC(O)c2ccc3c(c2)CCCC3)CC1. The molecule has 1 fully saturated rings. The van der Waals surface area contributed by atoms with Gasteiger partial charge in [-0.15, -0.1) is 0 Å². The van der Waals surface area contributed by atoms with Gasteiger partial charge in [0.05, 0.1) is 12.2 Å². The van der Waals surface area contributed by atoms with E-state index >= 15 is 0 Å². The number of fused-ring (bicyclic) bond motifs is 1. The molecule has 110 valence electrons. The van der Waals surface area contributed by atoms with Gasteiger partial charge in [0.2, 0.25) is 0 Å².